The van der Waals surface area contributed by atoms with Crippen LogP contribution < -0.4 is 0 Å². The van der Waals surface area contributed by atoms with E-state index in [2.05, 4.69) is 6.92 Å². The van der Waals surface area contributed by atoms with Gasteiger partial charge >= 0.3 is 11.9 Å². The van der Waals surface area contributed by atoms with Gasteiger partial charge in [-0.05, 0) is 6.42 Å². The molecule has 0 saturated heterocycles. The highest BCUT2D eigenvalue weighted by atomic mass is 16.5. The highest BCUT2D eigenvalue weighted by molar-refractivity contribution is 5.76. The van der Waals surface area contributed by atoms with Crippen LogP contribution in [0.5, 0.6) is 0 Å². The second-order valence-corrected chi connectivity index (χ2v) is 3.01. The fraction of sp³-hybridized carbons (Fsp3) is 0.700. The van der Waals surface area contributed by atoms with E-state index in [1.807, 2.05) is 0 Å². The maximum atomic E-state index is 10.9. The molecule has 0 fully saturated rings. The van der Waals surface area contributed by atoms with E-state index in [-0.39, 0.29) is 12.8 Å². The first kappa shape index (κ1) is 12.9. The van der Waals surface area contributed by atoms with Crippen molar-refractivity contribution >= 4 is 11.9 Å². The molecule has 0 atom stereocenters. The highest BCUT2D eigenvalue weighted by Gasteiger charge is 2.06. The molecule has 0 aliphatic heterocycles. The first-order valence-electron chi connectivity index (χ1n) is 4.81. The molecule has 0 unspecified atom stereocenters. The van der Waals surface area contributed by atoms with E-state index >= 15 is 0 Å². The molecule has 0 N–H and O–H groups in total. The highest BCUT2D eigenvalue weighted by Crippen LogP contribution is 2.00. The van der Waals surface area contributed by atoms with Crippen LogP contribution in [0.4, 0.5) is 0 Å². The summed E-state index contributed by atoms with van der Waals surface area (Å²) in [4.78, 5) is 20.8. The Balaban J connectivity index is 3.22. The molecule has 0 aliphatic carbocycles. The summed E-state index contributed by atoms with van der Waals surface area (Å²) < 4.78 is 4.79. The third kappa shape index (κ3) is 9.03. The average Bonchev–Trinajstić information content (AvgIpc) is 2.14. The summed E-state index contributed by atoms with van der Waals surface area (Å²) >= 11 is 0. The molecule has 0 aromatic rings. The molecule has 0 aliphatic rings. The Hall–Kier alpha value is -1.06. The van der Waals surface area contributed by atoms with E-state index in [1.54, 1.807) is 0 Å². The number of carbonyl (C=O) groups is 2. The lowest BCUT2D eigenvalue weighted by atomic mass is 10.2. The number of hydrogen-bond donors (Lipinski definition) is 0. The van der Waals surface area contributed by atoms with Gasteiger partial charge < -0.3 is 4.74 Å². The van der Waals surface area contributed by atoms with E-state index in [9.17, 15) is 14.7 Å². The quantitative estimate of drug-likeness (QED) is 0.442. The van der Waals surface area contributed by atoms with E-state index in [0.717, 1.165) is 25.7 Å². The predicted octanol–water partition coefficient (Wildman–Crippen LogP) is 1.66. The van der Waals surface area contributed by atoms with Crippen LogP contribution in [0.15, 0.2) is 0 Å². The van der Waals surface area contributed by atoms with Gasteiger partial charge in [0.2, 0.25) is 0 Å². The lowest BCUT2D eigenvalue weighted by Gasteiger charge is -2.02. The number of rotatable bonds is 8. The van der Waals surface area contributed by atoms with Crippen LogP contribution in [0, 0.1) is 6.92 Å². The van der Waals surface area contributed by atoms with Crippen molar-refractivity contribution in [3.63, 3.8) is 0 Å². The molecule has 80 valence electrons. The van der Waals surface area contributed by atoms with Crippen LogP contribution in [0.1, 0.15) is 38.5 Å². The minimum absolute atomic E-state index is 0.0995. The lowest BCUT2D eigenvalue weighted by molar-refractivity contribution is -0.150. The predicted molar refractivity (Wildman–Crippen MR) is 49.7 cm³/mol. The number of carbonyl (C=O) groups excluding carboxylic acids is 2. The Morgan fingerprint density at radius 2 is 1.79 bits per heavy atom. The Labute approximate surface area is 84.3 Å². The average molecular weight is 200 g/mol. The largest absolute Gasteiger partial charge is 0.466 e. The standard InChI is InChI=1S/C10H16O4/c1-2-3-4-5-8-14-10(13)7-6-9(11)12/h1-8H2. The van der Waals surface area contributed by atoms with E-state index < -0.39 is 11.9 Å². The van der Waals surface area contributed by atoms with E-state index in [0.29, 0.717) is 6.61 Å². The zero-order valence-electron chi connectivity index (χ0n) is 8.29. The van der Waals surface area contributed by atoms with Gasteiger partial charge in [0.25, 0.3) is 0 Å². The summed E-state index contributed by atoms with van der Waals surface area (Å²) in [7, 11) is 0. The summed E-state index contributed by atoms with van der Waals surface area (Å²) in [6.07, 6.45) is 3.34. The minimum atomic E-state index is -1.22. The summed E-state index contributed by atoms with van der Waals surface area (Å²) in [5, 5.41) is 9.99. The second-order valence-electron chi connectivity index (χ2n) is 3.01. The minimum Gasteiger partial charge on any atom is -0.466 e. The second kappa shape index (κ2) is 8.53. The lowest BCUT2D eigenvalue weighted by Crippen LogP contribution is -2.07. The molecule has 0 amide bonds. The number of unbranched alkanes of at least 4 members (excludes halogenated alkanes) is 3. The Bertz CT molecular complexity index is 177. The molecule has 0 heterocycles. The molecule has 4 nitrogen and oxygen atoms in total. The molecule has 0 aromatic heterocycles. The summed E-state index contributed by atoms with van der Waals surface area (Å²) in [6, 6.07) is 0. The first-order valence-corrected chi connectivity index (χ1v) is 4.81. The molecule has 4 heteroatoms. The molecule has 14 heavy (non-hydrogen) atoms. The first-order chi connectivity index (χ1) is 6.66. The van der Waals surface area contributed by atoms with Gasteiger partial charge in [-0.25, -0.2) is 9.90 Å². The third-order valence-corrected chi connectivity index (χ3v) is 1.69. The van der Waals surface area contributed by atoms with Crippen molar-refractivity contribution in [2.75, 3.05) is 6.61 Å². The van der Waals surface area contributed by atoms with Gasteiger partial charge in [-0.15, -0.1) is 0 Å². The van der Waals surface area contributed by atoms with Crippen molar-refractivity contribution < 1.29 is 19.4 Å². The van der Waals surface area contributed by atoms with Gasteiger partial charge in [0.1, 0.15) is 0 Å². The Morgan fingerprint density at radius 3 is 2.36 bits per heavy atom. The van der Waals surface area contributed by atoms with Crippen LogP contribution >= 0.6 is 0 Å². The Kier molecular flexibility index (Phi) is 7.89. The van der Waals surface area contributed by atoms with Crippen molar-refractivity contribution in [1.29, 1.82) is 0 Å². The molecule has 0 bridgehead atoms. The topological polar surface area (TPSA) is 63.3 Å². The maximum Gasteiger partial charge on any atom is 0.356 e. The molecule has 0 rings (SSSR count). The van der Waals surface area contributed by atoms with Crippen molar-refractivity contribution in [3.05, 3.63) is 6.92 Å². The summed E-state index contributed by atoms with van der Waals surface area (Å²) in [5.74, 6) is -1.69. The Morgan fingerprint density at radius 1 is 1.07 bits per heavy atom. The van der Waals surface area contributed by atoms with Gasteiger partial charge in [-0.2, -0.15) is 0 Å². The normalized spacial score (nSPS) is 9.79. The van der Waals surface area contributed by atoms with Crippen LogP contribution in [0.3, 0.4) is 0 Å². The van der Waals surface area contributed by atoms with Crippen molar-refractivity contribution in [2.24, 2.45) is 0 Å². The smallest absolute Gasteiger partial charge is 0.356 e. The van der Waals surface area contributed by atoms with Gasteiger partial charge in [0.05, 0.1) is 19.4 Å². The van der Waals surface area contributed by atoms with Gasteiger partial charge in [0, 0.05) is 0 Å². The van der Waals surface area contributed by atoms with Gasteiger partial charge in [-0.1, -0.05) is 26.2 Å². The monoisotopic (exact) mass is 200 g/mol. The van der Waals surface area contributed by atoms with Crippen molar-refractivity contribution in [3.8, 4) is 0 Å². The summed E-state index contributed by atoms with van der Waals surface area (Å²) in [6.45, 7) is 4.05. The SMILES string of the molecule is [CH2]CCCCCOC(=O)CCC([O])=O. The fourth-order valence-electron chi connectivity index (χ4n) is 0.918. The number of ether oxygens (including phenoxy) is 1. The van der Waals surface area contributed by atoms with Gasteiger partial charge in [0.15, 0.2) is 0 Å². The van der Waals surface area contributed by atoms with Gasteiger partial charge in [-0.3, -0.25) is 4.79 Å². The van der Waals surface area contributed by atoms with E-state index in [4.69, 9.17) is 4.74 Å². The van der Waals surface area contributed by atoms with E-state index in [1.165, 1.54) is 0 Å². The van der Waals surface area contributed by atoms with Crippen LogP contribution in [-0.2, 0) is 19.4 Å². The molecule has 0 saturated carbocycles. The van der Waals surface area contributed by atoms with Crippen LogP contribution in [0.2, 0.25) is 0 Å². The number of hydrogen-bond acceptors (Lipinski definition) is 3. The van der Waals surface area contributed by atoms with Crippen LogP contribution in [-0.4, -0.2) is 18.5 Å². The van der Waals surface area contributed by atoms with Crippen LogP contribution in [0.25, 0.3) is 0 Å². The molecule has 2 radical (unpaired) electrons. The molecule has 0 spiro atoms. The third-order valence-electron chi connectivity index (χ3n) is 1.69. The van der Waals surface area contributed by atoms with Crippen molar-refractivity contribution in [1.82, 2.24) is 0 Å². The molecular formula is C10H16O4. The summed E-state index contributed by atoms with van der Waals surface area (Å²) in [5.41, 5.74) is 0. The maximum absolute atomic E-state index is 10.9. The number of esters is 1. The molecular weight excluding hydrogens is 184 g/mol. The zero-order valence-corrected chi connectivity index (χ0v) is 8.29. The van der Waals surface area contributed by atoms with Crippen molar-refractivity contribution in [2.45, 2.75) is 38.5 Å². The zero-order chi connectivity index (χ0) is 10.8. The molecule has 0 aromatic carbocycles. The fourth-order valence-corrected chi connectivity index (χ4v) is 0.918.